The SMILES string of the molecule is CN(Cc1ccc(N2CCOCC2)cc1)C(=O)c1ccoc1. The Kier molecular flexibility index (Phi) is 4.44. The molecule has 1 amide bonds. The summed E-state index contributed by atoms with van der Waals surface area (Å²) in [6.45, 7) is 4.00. The first-order valence-corrected chi connectivity index (χ1v) is 7.43. The van der Waals surface area contributed by atoms with Gasteiger partial charge in [0.25, 0.3) is 5.91 Å². The van der Waals surface area contributed by atoms with Gasteiger partial charge in [-0.25, -0.2) is 0 Å². The first-order valence-electron chi connectivity index (χ1n) is 7.43. The number of rotatable bonds is 4. The maximum Gasteiger partial charge on any atom is 0.257 e. The second-order valence-electron chi connectivity index (χ2n) is 5.44. The molecule has 116 valence electrons. The highest BCUT2D eigenvalue weighted by atomic mass is 16.5. The van der Waals surface area contributed by atoms with Crippen LogP contribution in [0.3, 0.4) is 0 Å². The molecule has 0 spiro atoms. The van der Waals surface area contributed by atoms with Crippen LogP contribution >= 0.6 is 0 Å². The summed E-state index contributed by atoms with van der Waals surface area (Å²) in [4.78, 5) is 16.2. The van der Waals surface area contributed by atoms with Gasteiger partial charge in [-0.15, -0.1) is 0 Å². The maximum absolute atomic E-state index is 12.2. The predicted molar refractivity (Wildman–Crippen MR) is 84.0 cm³/mol. The van der Waals surface area contributed by atoms with E-state index in [0.29, 0.717) is 12.1 Å². The lowest BCUT2D eigenvalue weighted by atomic mass is 10.1. The van der Waals surface area contributed by atoms with E-state index in [1.54, 1.807) is 18.0 Å². The summed E-state index contributed by atoms with van der Waals surface area (Å²) in [6.07, 6.45) is 2.98. The molecule has 1 fully saturated rings. The maximum atomic E-state index is 12.2. The highest BCUT2D eigenvalue weighted by Gasteiger charge is 2.14. The predicted octanol–water partition coefficient (Wildman–Crippen LogP) is 2.39. The number of carbonyl (C=O) groups excluding carboxylic acids is 1. The fraction of sp³-hybridized carbons (Fsp3) is 0.353. The number of hydrogen-bond donors (Lipinski definition) is 0. The second kappa shape index (κ2) is 6.66. The van der Waals surface area contributed by atoms with Crippen LogP contribution in [0.4, 0.5) is 5.69 Å². The standard InChI is InChI=1S/C17H20N2O3/c1-18(17(20)15-6-9-22-13-15)12-14-2-4-16(5-3-14)19-7-10-21-11-8-19/h2-6,9,13H,7-8,10-12H2,1H3. The number of furan rings is 1. The van der Waals surface area contributed by atoms with E-state index in [4.69, 9.17) is 9.15 Å². The van der Waals surface area contributed by atoms with Gasteiger partial charge in [-0.05, 0) is 23.8 Å². The van der Waals surface area contributed by atoms with Crippen LogP contribution in [0.15, 0.2) is 47.3 Å². The van der Waals surface area contributed by atoms with Crippen molar-refractivity contribution in [2.24, 2.45) is 0 Å². The molecule has 0 aliphatic carbocycles. The van der Waals surface area contributed by atoms with Crippen molar-refractivity contribution in [2.75, 3.05) is 38.3 Å². The number of morpholine rings is 1. The molecule has 0 bridgehead atoms. The first kappa shape index (κ1) is 14.7. The fourth-order valence-electron chi connectivity index (χ4n) is 2.59. The van der Waals surface area contributed by atoms with Gasteiger partial charge in [-0.2, -0.15) is 0 Å². The molecule has 1 aliphatic rings. The van der Waals surface area contributed by atoms with Gasteiger partial charge in [0.2, 0.25) is 0 Å². The lowest BCUT2D eigenvalue weighted by Gasteiger charge is -2.29. The summed E-state index contributed by atoms with van der Waals surface area (Å²) in [5.41, 5.74) is 2.89. The van der Waals surface area contributed by atoms with Gasteiger partial charge in [0.15, 0.2) is 0 Å². The Morgan fingerprint density at radius 1 is 1.18 bits per heavy atom. The van der Waals surface area contributed by atoms with E-state index in [1.165, 1.54) is 18.2 Å². The van der Waals surface area contributed by atoms with Crippen LogP contribution in [0.1, 0.15) is 15.9 Å². The van der Waals surface area contributed by atoms with Gasteiger partial charge in [-0.1, -0.05) is 12.1 Å². The average molecular weight is 300 g/mol. The van der Waals surface area contributed by atoms with Crippen molar-refractivity contribution >= 4 is 11.6 Å². The molecule has 2 aromatic rings. The Morgan fingerprint density at radius 2 is 1.91 bits per heavy atom. The van der Waals surface area contributed by atoms with Gasteiger partial charge in [0.05, 0.1) is 25.0 Å². The van der Waals surface area contributed by atoms with Crippen LogP contribution in [0.5, 0.6) is 0 Å². The van der Waals surface area contributed by atoms with Gasteiger partial charge < -0.3 is 19.0 Å². The highest BCUT2D eigenvalue weighted by Crippen LogP contribution is 2.18. The number of hydrogen-bond acceptors (Lipinski definition) is 4. The first-order chi connectivity index (χ1) is 10.7. The molecule has 5 heteroatoms. The van der Waals surface area contributed by atoms with E-state index in [-0.39, 0.29) is 5.91 Å². The normalized spacial score (nSPS) is 14.9. The summed E-state index contributed by atoms with van der Waals surface area (Å²) in [5, 5.41) is 0. The Labute approximate surface area is 130 Å². The second-order valence-corrected chi connectivity index (χ2v) is 5.44. The number of carbonyl (C=O) groups is 1. The Morgan fingerprint density at radius 3 is 2.55 bits per heavy atom. The molecular formula is C17H20N2O3. The van der Waals surface area contributed by atoms with Crippen LogP contribution in [0.25, 0.3) is 0 Å². The van der Waals surface area contributed by atoms with Gasteiger partial charge in [0, 0.05) is 32.4 Å². The summed E-state index contributed by atoms with van der Waals surface area (Å²) in [7, 11) is 1.80. The van der Waals surface area contributed by atoms with Crippen molar-refractivity contribution < 1.29 is 13.9 Å². The molecule has 1 aliphatic heterocycles. The molecule has 0 N–H and O–H groups in total. The number of benzene rings is 1. The molecule has 1 saturated heterocycles. The van der Waals surface area contributed by atoms with Crippen molar-refractivity contribution in [1.82, 2.24) is 4.90 Å². The Balaban J connectivity index is 1.62. The lowest BCUT2D eigenvalue weighted by Crippen LogP contribution is -2.36. The van der Waals surface area contributed by atoms with E-state index in [2.05, 4.69) is 29.2 Å². The van der Waals surface area contributed by atoms with Crippen molar-refractivity contribution in [1.29, 1.82) is 0 Å². The molecule has 22 heavy (non-hydrogen) atoms. The minimum Gasteiger partial charge on any atom is -0.472 e. The third kappa shape index (κ3) is 3.31. The van der Waals surface area contributed by atoms with E-state index >= 15 is 0 Å². The molecule has 3 rings (SSSR count). The van der Waals surface area contributed by atoms with Crippen LogP contribution in [0, 0.1) is 0 Å². The smallest absolute Gasteiger partial charge is 0.257 e. The molecule has 0 unspecified atom stereocenters. The molecule has 0 atom stereocenters. The fourth-order valence-corrected chi connectivity index (χ4v) is 2.59. The minimum absolute atomic E-state index is 0.0361. The van der Waals surface area contributed by atoms with E-state index in [1.807, 2.05) is 0 Å². The summed E-state index contributed by atoms with van der Waals surface area (Å²) in [6, 6.07) is 10.0. The molecular weight excluding hydrogens is 280 g/mol. The average Bonchev–Trinajstić information content (AvgIpc) is 3.10. The molecule has 0 saturated carbocycles. The quantitative estimate of drug-likeness (QED) is 0.870. The number of amides is 1. The summed E-state index contributed by atoms with van der Waals surface area (Å²) in [5.74, 6) is -0.0361. The number of nitrogens with zero attached hydrogens (tertiary/aromatic N) is 2. The Bertz CT molecular complexity index is 601. The summed E-state index contributed by atoms with van der Waals surface area (Å²) >= 11 is 0. The molecule has 1 aromatic heterocycles. The highest BCUT2D eigenvalue weighted by molar-refractivity contribution is 5.93. The monoisotopic (exact) mass is 300 g/mol. The van der Waals surface area contributed by atoms with Crippen LogP contribution < -0.4 is 4.90 Å². The van der Waals surface area contributed by atoms with Gasteiger partial charge >= 0.3 is 0 Å². The van der Waals surface area contributed by atoms with Crippen molar-refractivity contribution in [3.05, 3.63) is 54.0 Å². The zero-order chi connectivity index (χ0) is 15.4. The Hall–Kier alpha value is -2.27. The van der Waals surface area contributed by atoms with E-state index in [0.717, 1.165) is 31.9 Å². The van der Waals surface area contributed by atoms with Crippen LogP contribution in [-0.2, 0) is 11.3 Å². The third-order valence-corrected chi connectivity index (χ3v) is 3.85. The zero-order valence-electron chi connectivity index (χ0n) is 12.7. The van der Waals surface area contributed by atoms with Crippen LogP contribution in [-0.4, -0.2) is 44.2 Å². The summed E-state index contributed by atoms with van der Waals surface area (Å²) < 4.78 is 10.3. The molecule has 0 radical (unpaired) electrons. The van der Waals surface area contributed by atoms with Crippen molar-refractivity contribution in [3.8, 4) is 0 Å². The van der Waals surface area contributed by atoms with E-state index < -0.39 is 0 Å². The zero-order valence-corrected chi connectivity index (χ0v) is 12.7. The van der Waals surface area contributed by atoms with Crippen molar-refractivity contribution in [2.45, 2.75) is 6.54 Å². The van der Waals surface area contributed by atoms with Crippen molar-refractivity contribution in [3.63, 3.8) is 0 Å². The number of anilines is 1. The minimum atomic E-state index is -0.0361. The molecule has 5 nitrogen and oxygen atoms in total. The van der Waals surface area contributed by atoms with Gasteiger partial charge in [-0.3, -0.25) is 4.79 Å². The topological polar surface area (TPSA) is 45.9 Å². The molecule has 2 heterocycles. The van der Waals surface area contributed by atoms with Crippen LogP contribution in [0.2, 0.25) is 0 Å². The molecule has 1 aromatic carbocycles. The van der Waals surface area contributed by atoms with E-state index in [9.17, 15) is 4.79 Å². The lowest BCUT2D eigenvalue weighted by molar-refractivity contribution is 0.0784. The number of ether oxygens (including phenoxy) is 1. The van der Waals surface area contributed by atoms with Gasteiger partial charge in [0.1, 0.15) is 6.26 Å². The third-order valence-electron chi connectivity index (χ3n) is 3.85. The largest absolute Gasteiger partial charge is 0.472 e.